The molecule has 0 bridgehead atoms. The maximum Gasteiger partial charge on any atom is 0.552 e. The third kappa shape index (κ3) is 5.39. The van der Waals surface area contributed by atoms with Crippen LogP contribution in [0.15, 0.2) is 30.3 Å². The molecule has 0 aromatic heterocycles. The fourth-order valence-electron chi connectivity index (χ4n) is 2.93. The van der Waals surface area contributed by atoms with E-state index in [0.29, 0.717) is 26.2 Å². The number of benzene rings is 1. The van der Waals surface area contributed by atoms with Crippen LogP contribution in [0.25, 0.3) is 0 Å². The highest BCUT2D eigenvalue weighted by atomic mass is 28.4. The third-order valence-corrected chi connectivity index (χ3v) is 7.53. The Hall–Kier alpha value is -1.21. The van der Waals surface area contributed by atoms with Gasteiger partial charge < -0.3 is 18.0 Å². The molecule has 0 N–H and O–H groups in total. The van der Waals surface area contributed by atoms with Crippen LogP contribution in [0.3, 0.4) is 0 Å². The lowest BCUT2D eigenvalue weighted by Gasteiger charge is -2.44. The van der Waals surface area contributed by atoms with Crippen molar-refractivity contribution in [2.45, 2.75) is 65.5 Å². The molecule has 1 unspecified atom stereocenters. The SMILES string of the molecule is CCCO[Si](OCCC)(OCCC)C(CC)(OC(C)=O)c1ccccc1. The quantitative estimate of drug-likeness (QED) is 0.368. The molecule has 0 aliphatic rings. The first-order valence-electron chi connectivity index (χ1n) is 9.68. The van der Waals surface area contributed by atoms with Crippen LogP contribution in [0.2, 0.25) is 0 Å². The fourth-order valence-corrected chi connectivity index (χ4v) is 6.52. The van der Waals surface area contributed by atoms with Crippen LogP contribution in [-0.4, -0.2) is 34.6 Å². The van der Waals surface area contributed by atoms with Gasteiger partial charge in [0, 0.05) is 26.7 Å². The Balaban J connectivity index is 3.56. The highest BCUT2D eigenvalue weighted by Crippen LogP contribution is 2.41. The third-order valence-electron chi connectivity index (χ3n) is 4.04. The molecule has 1 aromatic rings. The Morgan fingerprint density at radius 2 is 1.35 bits per heavy atom. The second kappa shape index (κ2) is 11.5. The van der Waals surface area contributed by atoms with E-state index >= 15 is 0 Å². The second-order valence-electron chi connectivity index (χ2n) is 6.24. The Morgan fingerprint density at radius 3 is 1.69 bits per heavy atom. The van der Waals surface area contributed by atoms with Gasteiger partial charge in [-0.15, -0.1) is 0 Å². The van der Waals surface area contributed by atoms with Gasteiger partial charge >= 0.3 is 14.8 Å². The van der Waals surface area contributed by atoms with Gasteiger partial charge in [0.25, 0.3) is 0 Å². The van der Waals surface area contributed by atoms with E-state index in [1.54, 1.807) is 0 Å². The van der Waals surface area contributed by atoms with Gasteiger partial charge in [0.2, 0.25) is 5.22 Å². The summed E-state index contributed by atoms with van der Waals surface area (Å²) in [6.07, 6.45) is 3.00. The molecule has 1 aromatic carbocycles. The molecular weight excluding hydrogens is 348 g/mol. The van der Waals surface area contributed by atoms with E-state index in [-0.39, 0.29) is 5.97 Å². The minimum Gasteiger partial charge on any atom is -0.450 e. The molecule has 0 spiro atoms. The van der Waals surface area contributed by atoms with Crippen LogP contribution in [0.5, 0.6) is 0 Å². The van der Waals surface area contributed by atoms with Gasteiger partial charge in [0.15, 0.2) is 0 Å². The van der Waals surface area contributed by atoms with Gasteiger partial charge in [-0.1, -0.05) is 58.0 Å². The van der Waals surface area contributed by atoms with E-state index < -0.39 is 14.0 Å². The van der Waals surface area contributed by atoms with Crippen LogP contribution in [0.4, 0.5) is 0 Å². The lowest BCUT2D eigenvalue weighted by molar-refractivity contribution is -0.159. The average molecular weight is 383 g/mol. The standard InChI is InChI=1S/C20H34O5Si/c1-6-15-22-26(23-16-7-2,24-17-8-3)20(9-4,25-18(5)21)19-13-11-10-12-14-19/h10-14H,6-9,15-17H2,1-5H3. The summed E-state index contributed by atoms with van der Waals surface area (Å²) in [6, 6.07) is 9.71. The van der Waals surface area contributed by atoms with Gasteiger partial charge in [-0.3, -0.25) is 4.79 Å². The predicted molar refractivity (Wildman–Crippen MR) is 105 cm³/mol. The molecule has 0 aliphatic carbocycles. The smallest absolute Gasteiger partial charge is 0.450 e. The molecule has 148 valence electrons. The van der Waals surface area contributed by atoms with Crippen molar-refractivity contribution >= 4 is 14.8 Å². The fraction of sp³-hybridized carbons (Fsp3) is 0.650. The molecule has 1 atom stereocenters. The van der Waals surface area contributed by atoms with E-state index in [1.165, 1.54) is 6.92 Å². The molecule has 5 nitrogen and oxygen atoms in total. The van der Waals surface area contributed by atoms with Gasteiger partial charge in [0.05, 0.1) is 0 Å². The molecule has 0 aliphatic heterocycles. The zero-order valence-electron chi connectivity index (χ0n) is 16.9. The zero-order valence-corrected chi connectivity index (χ0v) is 17.9. The molecule has 0 heterocycles. The second-order valence-corrected chi connectivity index (χ2v) is 9.03. The number of hydrogen-bond donors (Lipinski definition) is 0. The van der Waals surface area contributed by atoms with Gasteiger partial charge in [-0.05, 0) is 31.2 Å². The Bertz CT molecular complexity index is 500. The normalized spacial score (nSPS) is 14.0. The number of hydrogen-bond acceptors (Lipinski definition) is 5. The topological polar surface area (TPSA) is 54.0 Å². The van der Waals surface area contributed by atoms with Crippen molar-refractivity contribution in [2.24, 2.45) is 0 Å². The van der Waals surface area contributed by atoms with Crippen molar-refractivity contribution < 1.29 is 22.8 Å². The lowest BCUT2D eigenvalue weighted by atomic mass is 10.1. The molecule has 1 rings (SSSR count). The van der Waals surface area contributed by atoms with Crippen LogP contribution in [-0.2, 0) is 28.0 Å². The zero-order chi connectivity index (χ0) is 19.5. The summed E-state index contributed by atoms with van der Waals surface area (Å²) in [4.78, 5) is 12.1. The maximum absolute atomic E-state index is 12.1. The van der Waals surface area contributed by atoms with Gasteiger partial charge in [-0.25, -0.2) is 0 Å². The van der Waals surface area contributed by atoms with Crippen molar-refractivity contribution in [3.05, 3.63) is 35.9 Å². The van der Waals surface area contributed by atoms with Crippen molar-refractivity contribution in [1.82, 2.24) is 0 Å². The summed E-state index contributed by atoms with van der Waals surface area (Å²) >= 11 is 0. The largest absolute Gasteiger partial charge is 0.552 e. The van der Waals surface area contributed by atoms with E-state index in [9.17, 15) is 4.79 Å². The minimum absolute atomic E-state index is 0.368. The Labute approximate surface area is 159 Å². The van der Waals surface area contributed by atoms with E-state index in [2.05, 4.69) is 0 Å². The average Bonchev–Trinajstić information content (AvgIpc) is 2.66. The molecule has 0 amide bonds. The van der Waals surface area contributed by atoms with Gasteiger partial charge in [-0.2, -0.15) is 0 Å². The van der Waals surface area contributed by atoms with Crippen LogP contribution >= 0.6 is 0 Å². The van der Waals surface area contributed by atoms with Crippen molar-refractivity contribution in [1.29, 1.82) is 0 Å². The number of carbonyl (C=O) groups excluding carboxylic acids is 1. The molecule has 26 heavy (non-hydrogen) atoms. The summed E-state index contributed by atoms with van der Waals surface area (Å²) in [5.74, 6) is -0.368. The summed E-state index contributed by atoms with van der Waals surface area (Å²) in [6.45, 7) is 11.0. The predicted octanol–water partition coefficient (Wildman–Crippen LogP) is 4.61. The first-order chi connectivity index (χ1) is 12.5. The maximum atomic E-state index is 12.1. The number of ether oxygens (including phenoxy) is 1. The van der Waals surface area contributed by atoms with Gasteiger partial charge in [0.1, 0.15) is 0 Å². The van der Waals surface area contributed by atoms with E-state index in [0.717, 1.165) is 24.8 Å². The van der Waals surface area contributed by atoms with Crippen molar-refractivity contribution in [3.8, 4) is 0 Å². The number of carbonyl (C=O) groups is 1. The monoisotopic (exact) mass is 382 g/mol. The number of esters is 1. The highest BCUT2D eigenvalue weighted by molar-refractivity contribution is 6.64. The molecule has 0 saturated heterocycles. The van der Waals surface area contributed by atoms with E-state index in [1.807, 2.05) is 58.0 Å². The molecule has 0 radical (unpaired) electrons. The minimum atomic E-state index is -3.38. The first kappa shape index (κ1) is 22.8. The van der Waals surface area contributed by atoms with Crippen molar-refractivity contribution in [3.63, 3.8) is 0 Å². The molecule has 0 fully saturated rings. The lowest BCUT2D eigenvalue weighted by Crippen LogP contribution is -2.65. The van der Waals surface area contributed by atoms with Crippen LogP contribution < -0.4 is 0 Å². The first-order valence-corrected chi connectivity index (χ1v) is 11.4. The number of rotatable bonds is 13. The molecule has 6 heteroatoms. The van der Waals surface area contributed by atoms with E-state index in [4.69, 9.17) is 18.0 Å². The van der Waals surface area contributed by atoms with Crippen LogP contribution in [0.1, 0.15) is 65.9 Å². The Kier molecular flexibility index (Phi) is 10.1. The van der Waals surface area contributed by atoms with Crippen molar-refractivity contribution in [2.75, 3.05) is 19.8 Å². The summed E-state index contributed by atoms with van der Waals surface area (Å²) < 4.78 is 24.9. The highest BCUT2D eigenvalue weighted by Gasteiger charge is 2.64. The molecular formula is C20H34O5Si. The Morgan fingerprint density at radius 1 is 0.885 bits per heavy atom. The summed E-state index contributed by atoms with van der Waals surface area (Å²) in [5, 5.41) is -1.06. The van der Waals surface area contributed by atoms with Crippen LogP contribution in [0, 0.1) is 0 Å². The summed E-state index contributed by atoms with van der Waals surface area (Å²) in [7, 11) is -3.38. The molecule has 0 saturated carbocycles. The summed E-state index contributed by atoms with van der Waals surface area (Å²) in [5.41, 5.74) is 0.854.